The van der Waals surface area contributed by atoms with E-state index < -0.39 is 5.97 Å². The van der Waals surface area contributed by atoms with Gasteiger partial charge in [-0.15, -0.1) is 0 Å². The number of morpholine rings is 1. The van der Waals surface area contributed by atoms with Crippen molar-refractivity contribution in [1.29, 1.82) is 0 Å². The predicted octanol–water partition coefficient (Wildman–Crippen LogP) is 3.76. The summed E-state index contributed by atoms with van der Waals surface area (Å²) in [5.41, 5.74) is 3.96. The maximum Gasteiger partial charge on any atom is 0.335 e. The van der Waals surface area contributed by atoms with E-state index in [1.807, 2.05) is 41.1 Å². The van der Waals surface area contributed by atoms with Crippen molar-refractivity contribution < 1.29 is 14.6 Å². The van der Waals surface area contributed by atoms with E-state index in [4.69, 9.17) is 4.74 Å². The lowest BCUT2D eigenvalue weighted by molar-refractivity contribution is 0.0697. The Morgan fingerprint density at radius 2 is 1.79 bits per heavy atom. The number of aliphatic imine (C=N–C) groups is 1. The largest absolute Gasteiger partial charge is 0.478 e. The van der Waals surface area contributed by atoms with Crippen LogP contribution in [-0.2, 0) is 4.74 Å². The standard InChI is InChI=1S/C22H21N3O3/c26-22(27)17-3-1-4-20(15-17)25-10-2-5-21(25)16-23-18-6-8-19(9-7-18)24-11-13-28-14-12-24/h1-10,15-16H,11-14H2,(H,26,27). The van der Waals surface area contributed by atoms with Crippen LogP contribution in [0.2, 0.25) is 0 Å². The Kier molecular flexibility index (Phi) is 5.21. The van der Waals surface area contributed by atoms with Gasteiger partial charge in [-0.2, -0.15) is 0 Å². The first kappa shape index (κ1) is 18.0. The van der Waals surface area contributed by atoms with E-state index >= 15 is 0 Å². The van der Waals surface area contributed by atoms with Crippen LogP contribution in [0.3, 0.4) is 0 Å². The van der Waals surface area contributed by atoms with Crippen LogP contribution in [0, 0.1) is 0 Å². The van der Waals surface area contributed by atoms with Gasteiger partial charge in [0.05, 0.1) is 36.4 Å². The smallest absolute Gasteiger partial charge is 0.335 e. The van der Waals surface area contributed by atoms with Gasteiger partial charge in [-0.05, 0) is 54.6 Å². The molecule has 1 aliphatic rings. The van der Waals surface area contributed by atoms with Crippen molar-refractivity contribution in [3.05, 3.63) is 78.1 Å². The van der Waals surface area contributed by atoms with E-state index in [0.29, 0.717) is 0 Å². The zero-order valence-electron chi connectivity index (χ0n) is 15.4. The Balaban J connectivity index is 1.52. The summed E-state index contributed by atoms with van der Waals surface area (Å²) in [5, 5.41) is 9.20. The van der Waals surface area contributed by atoms with Crippen molar-refractivity contribution >= 4 is 23.6 Å². The van der Waals surface area contributed by atoms with E-state index in [9.17, 15) is 9.90 Å². The molecular formula is C22H21N3O3. The Hall–Kier alpha value is -3.38. The maximum absolute atomic E-state index is 11.2. The molecule has 0 saturated carbocycles. The summed E-state index contributed by atoms with van der Waals surface area (Å²) in [6, 6.07) is 18.9. The molecule has 1 fully saturated rings. The first-order valence-corrected chi connectivity index (χ1v) is 9.19. The number of nitrogens with zero attached hydrogens (tertiary/aromatic N) is 3. The van der Waals surface area contributed by atoms with Crippen LogP contribution in [0.15, 0.2) is 71.9 Å². The van der Waals surface area contributed by atoms with Gasteiger partial charge in [0.2, 0.25) is 0 Å². The highest BCUT2D eigenvalue weighted by molar-refractivity contribution is 5.88. The molecule has 0 atom stereocenters. The average Bonchev–Trinajstić information content (AvgIpc) is 3.22. The van der Waals surface area contributed by atoms with E-state index in [1.165, 1.54) is 5.69 Å². The molecule has 1 N–H and O–H groups in total. The second kappa shape index (κ2) is 8.10. The lowest BCUT2D eigenvalue weighted by Crippen LogP contribution is -2.36. The zero-order chi connectivity index (χ0) is 19.3. The van der Waals surface area contributed by atoms with Gasteiger partial charge < -0.3 is 19.3 Å². The van der Waals surface area contributed by atoms with E-state index in [-0.39, 0.29) is 5.56 Å². The van der Waals surface area contributed by atoms with E-state index in [0.717, 1.165) is 43.4 Å². The lowest BCUT2D eigenvalue weighted by atomic mass is 10.2. The molecule has 0 radical (unpaired) electrons. The number of carbonyl (C=O) groups is 1. The van der Waals surface area contributed by atoms with Gasteiger partial charge in [-0.1, -0.05) is 6.07 Å². The molecule has 1 aliphatic heterocycles. The summed E-state index contributed by atoms with van der Waals surface area (Å²) in [5.74, 6) is -0.940. The monoisotopic (exact) mass is 375 g/mol. The molecule has 28 heavy (non-hydrogen) atoms. The van der Waals surface area contributed by atoms with Crippen LogP contribution in [0.1, 0.15) is 16.1 Å². The second-order valence-corrected chi connectivity index (χ2v) is 6.53. The number of carboxylic acid groups (broad SMARTS) is 1. The zero-order valence-corrected chi connectivity index (χ0v) is 15.4. The number of hydrogen-bond acceptors (Lipinski definition) is 4. The van der Waals surface area contributed by atoms with Crippen molar-refractivity contribution in [1.82, 2.24) is 4.57 Å². The van der Waals surface area contributed by atoms with Gasteiger partial charge in [0.15, 0.2) is 0 Å². The molecular weight excluding hydrogens is 354 g/mol. The van der Waals surface area contributed by atoms with E-state index in [2.05, 4.69) is 22.0 Å². The van der Waals surface area contributed by atoms with Gasteiger partial charge in [-0.25, -0.2) is 4.79 Å². The van der Waals surface area contributed by atoms with Crippen LogP contribution >= 0.6 is 0 Å². The number of aromatic nitrogens is 1. The summed E-state index contributed by atoms with van der Waals surface area (Å²) in [6.45, 7) is 3.34. The van der Waals surface area contributed by atoms with Crippen LogP contribution in [0.5, 0.6) is 0 Å². The molecule has 4 rings (SSSR count). The molecule has 2 heterocycles. The third-order valence-corrected chi connectivity index (χ3v) is 4.72. The first-order chi connectivity index (χ1) is 13.7. The quantitative estimate of drug-likeness (QED) is 0.690. The summed E-state index contributed by atoms with van der Waals surface area (Å²) in [7, 11) is 0. The average molecular weight is 375 g/mol. The second-order valence-electron chi connectivity index (χ2n) is 6.53. The lowest BCUT2D eigenvalue weighted by Gasteiger charge is -2.28. The SMILES string of the molecule is O=C(O)c1cccc(-n2cccc2C=Nc2ccc(N3CCOCC3)cc2)c1. The van der Waals surface area contributed by atoms with Gasteiger partial charge in [0.1, 0.15) is 0 Å². The van der Waals surface area contributed by atoms with E-state index in [1.54, 1.807) is 24.4 Å². The Labute approximate surface area is 163 Å². The molecule has 1 aromatic heterocycles. The molecule has 0 aliphatic carbocycles. The number of aromatic carboxylic acids is 1. The van der Waals surface area contributed by atoms with Crippen LogP contribution in [0.25, 0.3) is 5.69 Å². The molecule has 0 unspecified atom stereocenters. The minimum Gasteiger partial charge on any atom is -0.478 e. The fraction of sp³-hybridized carbons (Fsp3) is 0.182. The number of rotatable bonds is 5. The topological polar surface area (TPSA) is 67.1 Å². The highest BCUT2D eigenvalue weighted by atomic mass is 16.5. The molecule has 3 aromatic rings. The molecule has 1 saturated heterocycles. The first-order valence-electron chi connectivity index (χ1n) is 9.19. The predicted molar refractivity (Wildman–Crippen MR) is 109 cm³/mol. The van der Waals surface area contributed by atoms with Crippen molar-refractivity contribution in [2.24, 2.45) is 4.99 Å². The van der Waals surface area contributed by atoms with Crippen molar-refractivity contribution in [3.63, 3.8) is 0 Å². The van der Waals surface area contributed by atoms with Crippen molar-refractivity contribution in [3.8, 4) is 5.69 Å². The summed E-state index contributed by atoms with van der Waals surface area (Å²) < 4.78 is 7.31. The van der Waals surface area contributed by atoms with Crippen LogP contribution < -0.4 is 4.90 Å². The van der Waals surface area contributed by atoms with Crippen LogP contribution in [-0.4, -0.2) is 48.2 Å². The Morgan fingerprint density at radius 3 is 2.54 bits per heavy atom. The molecule has 0 spiro atoms. The number of benzene rings is 2. The molecule has 2 aromatic carbocycles. The van der Waals surface area contributed by atoms with Gasteiger partial charge in [0, 0.05) is 30.7 Å². The van der Waals surface area contributed by atoms with Gasteiger partial charge in [-0.3, -0.25) is 4.99 Å². The minimum absolute atomic E-state index is 0.257. The summed E-state index contributed by atoms with van der Waals surface area (Å²) in [6.07, 6.45) is 3.68. The third-order valence-electron chi connectivity index (χ3n) is 4.72. The highest BCUT2D eigenvalue weighted by Crippen LogP contribution is 2.21. The third kappa shape index (κ3) is 3.97. The van der Waals surface area contributed by atoms with Crippen molar-refractivity contribution in [2.75, 3.05) is 31.2 Å². The fourth-order valence-corrected chi connectivity index (χ4v) is 3.23. The highest BCUT2D eigenvalue weighted by Gasteiger charge is 2.10. The number of carboxylic acids is 1. The normalized spacial score (nSPS) is 14.5. The molecule has 0 bridgehead atoms. The van der Waals surface area contributed by atoms with Crippen LogP contribution in [0.4, 0.5) is 11.4 Å². The number of anilines is 1. The fourth-order valence-electron chi connectivity index (χ4n) is 3.23. The van der Waals surface area contributed by atoms with Gasteiger partial charge in [0.25, 0.3) is 0 Å². The molecule has 142 valence electrons. The molecule has 0 amide bonds. The minimum atomic E-state index is -0.940. The molecule has 6 nitrogen and oxygen atoms in total. The summed E-state index contributed by atoms with van der Waals surface area (Å²) in [4.78, 5) is 18.1. The van der Waals surface area contributed by atoms with Crippen molar-refractivity contribution in [2.45, 2.75) is 0 Å². The number of hydrogen-bond donors (Lipinski definition) is 1. The Bertz CT molecular complexity index is 986. The van der Waals surface area contributed by atoms with Gasteiger partial charge >= 0.3 is 5.97 Å². The maximum atomic E-state index is 11.2. The Morgan fingerprint density at radius 1 is 1.00 bits per heavy atom. The summed E-state index contributed by atoms with van der Waals surface area (Å²) >= 11 is 0. The number of ether oxygens (including phenoxy) is 1. The molecule has 6 heteroatoms.